The van der Waals surface area contributed by atoms with Crippen molar-refractivity contribution in [3.05, 3.63) is 54.1 Å². The Morgan fingerprint density at radius 3 is 2.85 bits per heavy atom. The first-order valence-corrected chi connectivity index (χ1v) is 13.1. The second kappa shape index (κ2) is 10.4. The summed E-state index contributed by atoms with van der Waals surface area (Å²) in [5.41, 5.74) is 2.11. The molecule has 2 aliphatic heterocycles. The number of hydrogen-bond donors (Lipinski definition) is 2. The Kier molecular flexibility index (Phi) is 6.65. The minimum Gasteiger partial charge on any atom is -0.492 e. The number of fused-ring (bicyclic) bond motifs is 2. The molecule has 40 heavy (non-hydrogen) atoms. The summed E-state index contributed by atoms with van der Waals surface area (Å²) in [6.07, 6.45) is 4.61. The van der Waals surface area contributed by atoms with E-state index in [1.54, 1.807) is 41.6 Å². The molecular formula is C28H27FN8O3. The summed E-state index contributed by atoms with van der Waals surface area (Å²) in [6.45, 7) is 5.29. The highest BCUT2D eigenvalue weighted by Gasteiger charge is 2.41. The normalized spacial score (nSPS) is 17.6. The molecule has 0 radical (unpaired) electrons. The second-order valence-electron chi connectivity index (χ2n) is 9.65. The van der Waals surface area contributed by atoms with E-state index in [0.29, 0.717) is 64.9 Å². The van der Waals surface area contributed by atoms with Crippen LogP contribution in [-0.4, -0.2) is 58.0 Å². The van der Waals surface area contributed by atoms with Gasteiger partial charge in [-0.05, 0) is 57.0 Å². The number of benzene rings is 2. The van der Waals surface area contributed by atoms with Gasteiger partial charge in [-0.15, -0.1) is 0 Å². The summed E-state index contributed by atoms with van der Waals surface area (Å²) >= 11 is 0. The Bertz CT molecular complexity index is 1630. The number of carbonyl (C=O) groups excluding carboxylic acids is 1. The van der Waals surface area contributed by atoms with E-state index in [4.69, 9.17) is 14.5 Å². The van der Waals surface area contributed by atoms with Crippen molar-refractivity contribution in [3.8, 4) is 11.8 Å². The molecule has 1 saturated heterocycles. The van der Waals surface area contributed by atoms with E-state index in [-0.39, 0.29) is 17.9 Å². The van der Waals surface area contributed by atoms with Gasteiger partial charge in [-0.1, -0.05) is 0 Å². The van der Waals surface area contributed by atoms with Gasteiger partial charge in [-0.2, -0.15) is 15.3 Å². The van der Waals surface area contributed by atoms with Crippen LogP contribution in [0.3, 0.4) is 0 Å². The smallest absolute Gasteiger partial charge is 0.254 e. The minimum atomic E-state index is -0.546. The van der Waals surface area contributed by atoms with Gasteiger partial charge < -0.3 is 19.7 Å². The Balaban J connectivity index is 1.44. The molecule has 11 nitrogen and oxygen atoms in total. The van der Waals surface area contributed by atoms with Gasteiger partial charge in [0.05, 0.1) is 30.3 Å². The van der Waals surface area contributed by atoms with Crippen molar-refractivity contribution in [3.63, 3.8) is 0 Å². The molecule has 1 fully saturated rings. The quantitative estimate of drug-likeness (QED) is 0.360. The standard InChI is InChI=1S/C28H27FN8O3/c1-3-40-24-5-4-21(11-17(24)13-30)37-23-15-31-28(33-19-10-18-14-32-35-25(18)22(29)12-19)34-26(23)36(16(2)27(37)38)20-6-8-39-9-7-20/h4-5,10-12,14-16,20H,3,6-9H2,1-2H3,(H,32,35)(H,31,33,34)/t16-/m1/s1. The number of nitriles is 1. The van der Waals surface area contributed by atoms with Crippen molar-refractivity contribution in [1.82, 2.24) is 20.2 Å². The summed E-state index contributed by atoms with van der Waals surface area (Å²) < 4.78 is 25.7. The van der Waals surface area contributed by atoms with Crippen LogP contribution >= 0.6 is 0 Å². The first-order chi connectivity index (χ1) is 19.5. The number of rotatable bonds is 6. The zero-order valence-corrected chi connectivity index (χ0v) is 22.0. The van der Waals surface area contributed by atoms with Crippen molar-refractivity contribution in [2.45, 2.75) is 38.8 Å². The van der Waals surface area contributed by atoms with Crippen LogP contribution in [0.1, 0.15) is 32.3 Å². The van der Waals surface area contributed by atoms with Crippen LogP contribution in [-0.2, 0) is 9.53 Å². The Labute approximate surface area is 229 Å². The molecule has 4 aromatic rings. The van der Waals surface area contributed by atoms with Crippen LogP contribution in [0.5, 0.6) is 5.75 Å². The molecule has 2 aromatic carbocycles. The first kappa shape index (κ1) is 25.5. The molecule has 2 N–H and O–H groups in total. The summed E-state index contributed by atoms with van der Waals surface area (Å²) in [5.74, 6) is 0.656. The van der Waals surface area contributed by atoms with E-state index >= 15 is 0 Å². The summed E-state index contributed by atoms with van der Waals surface area (Å²) in [7, 11) is 0. The fourth-order valence-electron chi connectivity index (χ4n) is 5.34. The molecule has 2 aromatic heterocycles. The van der Waals surface area contributed by atoms with Gasteiger partial charge in [0.15, 0.2) is 11.6 Å². The number of amides is 1. The first-order valence-electron chi connectivity index (χ1n) is 13.1. The molecule has 6 rings (SSSR count). The average molecular weight is 543 g/mol. The number of H-pyrrole nitrogens is 1. The van der Waals surface area contributed by atoms with Crippen LogP contribution in [0.15, 0.2) is 42.7 Å². The zero-order valence-electron chi connectivity index (χ0n) is 22.0. The Hall–Kier alpha value is -4.76. The van der Waals surface area contributed by atoms with Crippen LogP contribution in [0.2, 0.25) is 0 Å². The highest BCUT2D eigenvalue weighted by atomic mass is 19.1. The van der Waals surface area contributed by atoms with Gasteiger partial charge >= 0.3 is 0 Å². The van der Waals surface area contributed by atoms with Crippen molar-refractivity contribution in [2.75, 3.05) is 34.9 Å². The SMILES string of the molecule is CCOc1ccc(N2C(=O)[C@@H](C)N(C3CCOCC3)c3nc(Nc4cc(F)c5[nH]ncc5c4)ncc32)cc1C#N. The number of halogens is 1. The summed E-state index contributed by atoms with van der Waals surface area (Å²) in [5, 5.41) is 20.0. The third kappa shape index (κ3) is 4.44. The fourth-order valence-corrected chi connectivity index (χ4v) is 5.34. The Morgan fingerprint density at radius 1 is 1.25 bits per heavy atom. The molecule has 4 heterocycles. The molecule has 1 amide bonds. The molecule has 204 valence electrons. The van der Waals surface area contributed by atoms with E-state index in [9.17, 15) is 14.4 Å². The van der Waals surface area contributed by atoms with Gasteiger partial charge in [0.1, 0.15) is 29.1 Å². The average Bonchev–Trinajstić information content (AvgIpc) is 3.44. The van der Waals surface area contributed by atoms with Crippen molar-refractivity contribution >= 4 is 45.6 Å². The van der Waals surface area contributed by atoms with Gasteiger partial charge in [0.25, 0.3) is 5.91 Å². The molecule has 0 bridgehead atoms. The maximum absolute atomic E-state index is 14.6. The summed E-state index contributed by atoms with van der Waals surface area (Å²) in [6, 6.07) is 9.82. The number of hydrogen-bond acceptors (Lipinski definition) is 9. The Morgan fingerprint density at radius 2 is 2.08 bits per heavy atom. The molecule has 0 unspecified atom stereocenters. The molecule has 0 aliphatic carbocycles. The molecule has 2 aliphatic rings. The van der Waals surface area contributed by atoms with Crippen molar-refractivity contribution < 1.29 is 18.7 Å². The molecule has 12 heteroatoms. The number of aromatic amines is 1. The summed E-state index contributed by atoms with van der Waals surface area (Å²) in [4.78, 5) is 26.8. The van der Waals surface area contributed by atoms with E-state index < -0.39 is 11.9 Å². The van der Waals surface area contributed by atoms with Crippen molar-refractivity contribution in [2.24, 2.45) is 0 Å². The van der Waals surface area contributed by atoms with Gasteiger partial charge in [0, 0.05) is 30.3 Å². The highest BCUT2D eigenvalue weighted by molar-refractivity contribution is 6.10. The lowest BCUT2D eigenvalue weighted by molar-refractivity contribution is -0.119. The van der Waals surface area contributed by atoms with E-state index in [1.165, 1.54) is 6.07 Å². The van der Waals surface area contributed by atoms with Crippen molar-refractivity contribution in [1.29, 1.82) is 5.26 Å². The van der Waals surface area contributed by atoms with Crippen LogP contribution in [0.25, 0.3) is 10.9 Å². The highest BCUT2D eigenvalue weighted by Crippen LogP contribution is 2.42. The number of ether oxygens (including phenoxy) is 2. The van der Waals surface area contributed by atoms with E-state index in [1.807, 2.05) is 18.7 Å². The molecule has 1 atom stereocenters. The molecule has 0 saturated carbocycles. The lowest BCUT2D eigenvalue weighted by Crippen LogP contribution is -2.56. The number of anilines is 5. The van der Waals surface area contributed by atoms with Crippen LogP contribution < -0.4 is 19.9 Å². The van der Waals surface area contributed by atoms with E-state index in [0.717, 1.165) is 12.8 Å². The van der Waals surface area contributed by atoms with Crippen LogP contribution in [0.4, 0.5) is 33.2 Å². The number of aromatic nitrogens is 4. The second-order valence-corrected chi connectivity index (χ2v) is 9.65. The number of carbonyl (C=O) groups is 1. The fraction of sp³-hybridized carbons (Fsp3) is 0.321. The number of nitrogens with one attached hydrogen (secondary N) is 2. The predicted octanol–water partition coefficient (Wildman–Crippen LogP) is 4.56. The maximum atomic E-state index is 14.6. The lowest BCUT2D eigenvalue weighted by atomic mass is 10.0. The third-order valence-corrected chi connectivity index (χ3v) is 7.21. The van der Waals surface area contributed by atoms with Gasteiger partial charge in [0.2, 0.25) is 5.95 Å². The third-order valence-electron chi connectivity index (χ3n) is 7.21. The van der Waals surface area contributed by atoms with E-state index in [2.05, 4.69) is 26.6 Å². The minimum absolute atomic E-state index is 0.0334. The van der Waals surface area contributed by atoms with Gasteiger partial charge in [-0.25, -0.2) is 9.37 Å². The van der Waals surface area contributed by atoms with Crippen LogP contribution in [0, 0.1) is 17.1 Å². The van der Waals surface area contributed by atoms with Gasteiger partial charge in [-0.3, -0.25) is 14.8 Å². The molecular weight excluding hydrogens is 515 g/mol. The monoisotopic (exact) mass is 542 g/mol. The maximum Gasteiger partial charge on any atom is 0.254 e. The largest absolute Gasteiger partial charge is 0.492 e. The predicted molar refractivity (Wildman–Crippen MR) is 147 cm³/mol. The topological polar surface area (TPSA) is 132 Å². The zero-order chi connectivity index (χ0) is 27.8. The molecule has 0 spiro atoms. The number of nitrogens with zero attached hydrogens (tertiary/aromatic N) is 6. The lowest BCUT2D eigenvalue weighted by Gasteiger charge is -2.45.